The summed E-state index contributed by atoms with van der Waals surface area (Å²) < 4.78 is 0. The average molecular weight is 340 g/mol. The summed E-state index contributed by atoms with van der Waals surface area (Å²) in [6.45, 7) is 0. The molecule has 0 saturated heterocycles. The first-order chi connectivity index (χ1) is 9.84. The molecule has 0 bridgehead atoms. The normalized spacial score (nSPS) is 25.6. The van der Waals surface area contributed by atoms with Gasteiger partial charge < -0.3 is 17.0 Å². The van der Waals surface area contributed by atoms with E-state index in [1.54, 1.807) is 0 Å². The zero-order valence-corrected chi connectivity index (χ0v) is 13.5. The van der Waals surface area contributed by atoms with Crippen LogP contribution in [0.25, 0.3) is 0 Å². The van der Waals surface area contributed by atoms with Crippen molar-refractivity contribution in [2.24, 2.45) is 0 Å². The highest BCUT2D eigenvalue weighted by atomic mass is 79.9. The van der Waals surface area contributed by atoms with Gasteiger partial charge >= 0.3 is 0 Å². The van der Waals surface area contributed by atoms with Gasteiger partial charge in [-0.1, -0.05) is 54.6 Å². The molecule has 2 aromatic carbocycles. The lowest BCUT2D eigenvalue weighted by Crippen LogP contribution is -3.00. The lowest BCUT2D eigenvalue weighted by atomic mass is 9.87. The van der Waals surface area contributed by atoms with Crippen molar-refractivity contribution < 1.29 is 21.9 Å². The lowest BCUT2D eigenvalue weighted by Gasteiger charge is -2.19. The molecule has 1 aliphatic heterocycles. The average Bonchev–Trinajstić information content (AvgIpc) is 2.81. The lowest BCUT2D eigenvalue weighted by molar-refractivity contribution is -0.767. The van der Waals surface area contributed by atoms with E-state index in [2.05, 4.69) is 80.1 Å². The van der Waals surface area contributed by atoms with Crippen molar-refractivity contribution in [2.45, 2.75) is 11.8 Å². The molecule has 0 radical (unpaired) electrons. The minimum atomic E-state index is 0. The quantitative estimate of drug-likeness (QED) is 0.736. The van der Waals surface area contributed by atoms with Crippen LogP contribution < -0.4 is 21.9 Å². The highest BCUT2D eigenvalue weighted by molar-refractivity contribution is 5.57. The van der Waals surface area contributed by atoms with Crippen LogP contribution in [0.5, 0.6) is 0 Å². The molecule has 2 aliphatic rings. The van der Waals surface area contributed by atoms with Crippen LogP contribution in [0, 0.1) is 0 Å². The first kappa shape index (κ1) is 14.3. The van der Waals surface area contributed by atoms with Gasteiger partial charge in [0.2, 0.25) is 0 Å². The summed E-state index contributed by atoms with van der Waals surface area (Å²) >= 11 is 0. The Bertz CT molecular complexity index is 703. The maximum absolute atomic E-state index is 2.38. The zero-order chi connectivity index (χ0) is 13.5. The van der Waals surface area contributed by atoms with Crippen molar-refractivity contribution >= 4 is 0 Å². The van der Waals surface area contributed by atoms with E-state index in [1.165, 1.54) is 27.2 Å². The molecule has 2 heteroatoms. The predicted molar refractivity (Wildman–Crippen MR) is 81.6 cm³/mol. The number of halogens is 1. The molecule has 0 saturated carbocycles. The smallest absolute Gasteiger partial charge is 0.0996 e. The van der Waals surface area contributed by atoms with E-state index in [9.17, 15) is 0 Å². The second-order valence-corrected chi connectivity index (χ2v) is 5.70. The second kappa shape index (κ2) is 5.63. The summed E-state index contributed by atoms with van der Waals surface area (Å²) in [7, 11) is 2.19. The molecule has 0 amide bonds. The summed E-state index contributed by atoms with van der Waals surface area (Å²) in [6, 6.07) is 19.8. The van der Waals surface area contributed by atoms with Gasteiger partial charge in [-0.2, -0.15) is 0 Å². The largest absolute Gasteiger partial charge is 1.00 e. The molecule has 2 aromatic rings. The third kappa shape index (κ3) is 2.29. The van der Waals surface area contributed by atoms with Crippen LogP contribution in [0.1, 0.15) is 28.5 Å². The number of hydrogen-bond donors (Lipinski definition) is 1. The third-order valence-corrected chi connectivity index (χ3v) is 4.41. The third-order valence-electron chi connectivity index (χ3n) is 4.41. The molecule has 0 fully saturated rings. The van der Waals surface area contributed by atoms with E-state index >= 15 is 0 Å². The van der Waals surface area contributed by atoms with E-state index in [4.69, 9.17) is 0 Å². The Labute approximate surface area is 136 Å². The Morgan fingerprint density at radius 2 is 1.52 bits per heavy atom. The van der Waals surface area contributed by atoms with Gasteiger partial charge in [0.25, 0.3) is 0 Å². The minimum Gasteiger partial charge on any atom is -1.00 e. The molecular weight excluding hydrogens is 322 g/mol. The predicted octanol–water partition coefficient (Wildman–Crippen LogP) is -0.154. The van der Waals surface area contributed by atoms with E-state index in [0.29, 0.717) is 11.8 Å². The number of rotatable bonds is 1. The minimum absolute atomic E-state index is 0. The summed E-state index contributed by atoms with van der Waals surface area (Å²) in [5.74, 6) is 0.873. The van der Waals surface area contributed by atoms with Crippen LogP contribution in [0.4, 0.5) is 0 Å². The maximum Gasteiger partial charge on any atom is 0.0996 e. The summed E-state index contributed by atoms with van der Waals surface area (Å²) in [4.78, 5) is 1.35. The zero-order valence-electron chi connectivity index (χ0n) is 12.0. The molecule has 1 aliphatic carbocycles. The summed E-state index contributed by atoms with van der Waals surface area (Å²) in [5.41, 5.74) is 5.86. The molecule has 106 valence electrons. The van der Waals surface area contributed by atoms with E-state index in [0.717, 1.165) is 0 Å². The molecule has 0 aromatic heterocycles. The molecule has 1 nitrogen and oxygen atoms in total. The maximum atomic E-state index is 2.38. The Hall–Kier alpha value is -1.64. The van der Waals surface area contributed by atoms with Gasteiger partial charge in [0.15, 0.2) is 0 Å². The van der Waals surface area contributed by atoms with Crippen molar-refractivity contribution in [1.29, 1.82) is 0 Å². The number of allylic oxidation sites excluding steroid dienone is 2. The Balaban J connectivity index is 0.00000132. The van der Waals surface area contributed by atoms with Crippen LogP contribution in [-0.4, -0.2) is 7.05 Å². The van der Waals surface area contributed by atoms with E-state index in [-0.39, 0.29) is 17.0 Å². The first-order valence-electron chi connectivity index (χ1n) is 7.21. The van der Waals surface area contributed by atoms with Crippen molar-refractivity contribution in [1.82, 2.24) is 0 Å². The van der Waals surface area contributed by atoms with Gasteiger partial charge in [-0.3, -0.25) is 4.90 Å². The summed E-state index contributed by atoms with van der Waals surface area (Å²) in [5, 5.41) is 0. The number of benzene rings is 2. The Kier molecular flexibility index (Phi) is 3.83. The van der Waals surface area contributed by atoms with Crippen LogP contribution in [0.3, 0.4) is 0 Å². The molecule has 3 unspecified atom stereocenters. The van der Waals surface area contributed by atoms with Gasteiger partial charge in [-0.15, -0.1) is 0 Å². The fraction of sp³-hybridized carbons (Fsp3) is 0.158. The number of quaternary nitrogens is 1. The SMILES string of the molecule is C[NH+]1C=CC2C(=C1)C(c1ccccc1)c1ccccc12.[Br-]. The topological polar surface area (TPSA) is 4.44 Å². The van der Waals surface area contributed by atoms with Gasteiger partial charge in [0, 0.05) is 17.4 Å². The second-order valence-electron chi connectivity index (χ2n) is 5.70. The molecule has 1 N–H and O–H groups in total. The highest BCUT2D eigenvalue weighted by Gasteiger charge is 2.37. The molecule has 4 rings (SSSR count). The van der Waals surface area contributed by atoms with E-state index < -0.39 is 0 Å². The van der Waals surface area contributed by atoms with Crippen molar-refractivity contribution in [3.63, 3.8) is 0 Å². The van der Waals surface area contributed by atoms with Crippen LogP contribution in [0.15, 0.2) is 78.6 Å². The number of fused-ring (bicyclic) bond motifs is 3. The molecule has 0 spiro atoms. The van der Waals surface area contributed by atoms with Crippen LogP contribution >= 0.6 is 0 Å². The fourth-order valence-corrected chi connectivity index (χ4v) is 3.56. The van der Waals surface area contributed by atoms with Gasteiger partial charge in [0.05, 0.1) is 19.4 Å². The van der Waals surface area contributed by atoms with Crippen molar-refractivity contribution in [3.8, 4) is 0 Å². The standard InChI is InChI=1S/C19H17N.BrH/c1-20-12-11-16-15-9-5-6-10-17(15)19(18(16)13-20)14-7-3-2-4-8-14;/h2-13,16,19H,1H3;1H. The van der Waals surface area contributed by atoms with Gasteiger partial charge in [-0.25, -0.2) is 0 Å². The molecule has 1 heterocycles. The fourth-order valence-electron chi connectivity index (χ4n) is 3.56. The van der Waals surface area contributed by atoms with Crippen molar-refractivity contribution in [3.05, 3.63) is 95.3 Å². The Morgan fingerprint density at radius 1 is 0.857 bits per heavy atom. The van der Waals surface area contributed by atoms with Gasteiger partial charge in [0.1, 0.15) is 0 Å². The highest BCUT2D eigenvalue weighted by Crippen LogP contribution is 2.49. The monoisotopic (exact) mass is 339 g/mol. The number of hydrogen-bond acceptors (Lipinski definition) is 0. The van der Waals surface area contributed by atoms with Crippen LogP contribution in [-0.2, 0) is 0 Å². The summed E-state index contributed by atoms with van der Waals surface area (Å²) in [6.07, 6.45) is 6.98. The van der Waals surface area contributed by atoms with Crippen LogP contribution in [0.2, 0.25) is 0 Å². The van der Waals surface area contributed by atoms with Crippen molar-refractivity contribution in [2.75, 3.05) is 7.05 Å². The molecular formula is C19H18BrN. The molecule has 3 atom stereocenters. The van der Waals surface area contributed by atoms with E-state index in [1.807, 2.05) is 0 Å². The molecule has 21 heavy (non-hydrogen) atoms. The Morgan fingerprint density at radius 3 is 2.29 bits per heavy atom. The first-order valence-corrected chi connectivity index (χ1v) is 7.21. The van der Waals surface area contributed by atoms with Gasteiger partial charge in [-0.05, 0) is 22.8 Å². The number of nitrogens with one attached hydrogen (secondary N) is 1.